The molecule has 0 unspecified atom stereocenters. The molecule has 30 rings (SSSR count). The molecular formula is C138H84N6O3. The lowest BCUT2D eigenvalue weighted by molar-refractivity contribution is 0.669. The molecule has 0 aliphatic heterocycles. The van der Waals surface area contributed by atoms with Crippen LogP contribution in [0.25, 0.3) is 298 Å². The van der Waals surface area contributed by atoms with E-state index in [2.05, 4.69) is 406 Å². The fraction of sp³-hybridized carbons (Fsp3) is 0. The van der Waals surface area contributed by atoms with Gasteiger partial charge in [-0.25, -0.2) is 29.9 Å². The molecular weight excluding hydrogens is 1790 g/mol. The number of rotatable bonds is 12. The summed E-state index contributed by atoms with van der Waals surface area (Å²) in [6, 6.07) is 179. The maximum Gasteiger partial charge on any atom is 0.160 e. The molecule has 0 atom stereocenters. The van der Waals surface area contributed by atoms with Crippen LogP contribution in [0.5, 0.6) is 0 Å². The van der Waals surface area contributed by atoms with Crippen LogP contribution in [0.4, 0.5) is 0 Å². The van der Waals surface area contributed by atoms with Gasteiger partial charge in [-0.05, 0) is 223 Å². The Morgan fingerprint density at radius 2 is 0.361 bits per heavy atom. The predicted molar refractivity (Wildman–Crippen MR) is 611 cm³/mol. The van der Waals surface area contributed by atoms with E-state index >= 15 is 0 Å². The predicted octanol–water partition coefficient (Wildman–Crippen LogP) is 37.5. The van der Waals surface area contributed by atoms with Crippen LogP contribution in [0.3, 0.4) is 0 Å². The first kappa shape index (κ1) is 85.3. The summed E-state index contributed by atoms with van der Waals surface area (Å²) in [7, 11) is 0. The van der Waals surface area contributed by atoms with E-state index in [-0.39, 0.29) is 0 Å². The molecule has 6 aromatic heterocycles. The van der Waals surface area contributed by atoms with Gasteiger partial charge in [0.1, 0.15) is 33.5 Å². The summed E-state index contributed by atoms with van der Waals surface area (Å²) in [5.74, 6) is 2.11. The van der Waals surface area contributed by atoms with Gasteiger partial charge < -0.3 is 13.3 Å². The first-order chi connectivity index (χ1) is 72.8. The summed E-state index contributed by atoms with van der Waals surface area (Å²) in [5.41, 5.74) is 27.0. The summed E-state index contributed by atoms with van der Waals surface area (Å²) in [6.07, 6.45) is 0. The highest BCUT2D eigenvalue weighted by molar-refractivity contribution is 6.36. The molecule has 9 heteroatoms. The third-order valence-electron chi connectivity index (χ3n) is 29.0. The summed E-state index contributed by atoms with van der Waals surface area (Å²) in [5, 5.41) is 28.4. The molecule has 0 bridgehead atoms. The van der Waals surface area contributed by atoms with Crippen molar-refractivity contribution in [3.05, 3.63) is 510 Å². The maximum atomic E-state index is 6.59. The molecule has 0 saturated carbocycles. The Hall–Kier alpha value is -19.7. The Bertz CT molecular complexity index is 10500. The van der Waals surface area contributed by atoms with Crippen LogP contribution in [-0.2, 0) is 0 Å². The molecule has 9 nitrogen and oxygen atoms in total. The van der Waals surface area contributed by atoms with Crippen molar-refractivity contribution in [3.8, 4) is 135 Å². The van der Waals surface area contributed by atoms with Crippen LogP contribution < -0.4 is 0 Å². The fourth-order valence-electron chi connectivity index (χ4n) is 22.0. The minimum Gasteiger partial charge on any atom is -0.456 e. The average Bonchev–Trinajstić information content (AvgIpc) is 1.67. The van der Waals surface area contributed by atoms with Crippen LogP contribution in [0.1, 0.15) is 0 Å². The quantitative estimate of drug-likeness (QED) is 0.110. The van der Waals surface area contributed by atoms with Gasteiger partial charge in [-0.3, -0.25) is 0 Å². The van der Waals surface area contributed by atoms with E-state index in [0.29, 0.717) is 17.5 Å². The highest BCUT2D eigenvalue weighted by Gasteiger charge is 2.25. The smallest absolute Gasteiger partial charge is 0.160 e. The van der Waals surface area contributed by atoms with Crippen molar-refractivity contribution in [1.29, 1.82) is 0 Å². The van der Waals surface area contributed by atoms with E-state index < -0.39 is 0 Å². The first-order valence-electron chi connectivity index (χ1n) is 49.7. The van der Waals surface area contributed by atoms with Crippen LogP contribution >= 0.6 is 0 Å². The third-order valence-corrected chi connectivity index (χ3v) is 29.0. The second-order valence-corrected chi connectivity index (χ2v) is 37.7. The number of fused-ring (bicyclic) bond motifs is 29. The van der Waals surface area contributed by atoms with Gasteiger partial charge in [0, 0.05) is 93.2 Å². The normalized spacial score (nSPS) is 11.7. The molecule has 0 saturated heterocycles. The summed E-state index contributed by atoms with van der Waals surface area (Å²) in [6.45, 7) is 0. The van der Waals surface area contributed by atoms with Crippen molar-refractivity contribution in [2.75, 3.05) is 0 Å². The minimum atomic E-state index is 0.700. The zero-order valence-corrected chi connectivity index (χ0v) is 79.4. The van der Waals surface area contributed by atoms with Gasteiger partial charge in [0.15, 0.2) is 17.5 Å². The SMILES string of the molecule is c1ccc(-c2cccc(-c3cc(-c4ccc5c(c4)c4ccccc4c4c5ccc5oc6ccccc6c54)nc(-c4ccccc4)n3)c2)cc1.c1ccc(-c2cccc(-c3cc(-c4ccc5c(c4)c4ccccc4c4cc6c(cc54)oc4ccccc46)nc(-c4ccccc4)n3)c2)cc1.c1ccc(-c2cccc(-c3cc(-c4ccc5c(c4)c4ccccc4c4ccc6c7ccccc7oc6c45)nc(-c4ccccc4)n3)c2)cc1. The van der Waals surface area contributed by atoms with Gasteiger partial charge >= 0.3 is 0 Å². The number of benzene rings is 24. The zero-order valence-electron chi connectivity index (χ0n) is 79.4. The topological polar surface area (TPSA) is 117 Å². The van der Waals surface area contributed by atoms with Gasteiger partial charge in [-0.15, -0.1) is 0 Å². The fourth-order valence-corrected chi connectivity index (χ4v) is 22.0. The Morgan fingerprint density at radius 3 is 0.796 bits per heavy atom. The largest absolute Gasteiger partial charge is 0.456 e. The Morgan fingerprint density at radius 1 is 0.109 bits per heavy atom. The lowest BCUT2D eigenvalue weighted by atomic mass is 9.90. The summed E-state index contributed by atoms with van der Waals surface area (Å²) >= 11 is 0. The van der Waals surface area contributed by atoms with E-state index in [1.54, 1.807) is 0 Å². The Balaban J connectivity index is 0.000000107. The molecule has 0 aliphatic carbocycles. The van der Waals surface area contributed by atoms with Gasteiger partial charge in [0.25, 0.3) is 0 Å². The molecule has 0 fully saturated rings. The number of para-hydroxylation sites is 3. The maximum absolute atomic E-state index is 6.59. The summed E-state index contributed by atoms with van der Waals surface area (Å²) < 4.78 is 19.2. The van der Waals surface area contributed by atoms with Gasteiger partial charge in [0.2, 0.25) is 0 Å². The van der Waals surface area contributed by atoms with Crippen LogP contribution in [0, 0.1) is 0 Å². The molecule has 0 radical (unpaired) electrons. The highest BCUT2D eigenvalue weighted by Crippen LogP contribution is 2.49. The molecule has 684 valence electrons. The Labute approximate surface area is 844 Å². The zero-order chi connectivity index (χ0) is 96.9. The average molecular weight is 1870 g/mol. The first-order valence-corrected chi connectivity index (χ1v) is 49.7. The standard InChI is InChI=1S/3C46H28N2O/c1-3-12-29(13-4-1)31-16-11-17-32(24-31)42-28-43(48-46(47-42)30-14-5-2-6-15-30)33-22-23-36-38(25-33)34-18-7-8-19-35(34)39-26-41-37-20-9-10-21-44(37)49-45(41)27-40(36)39;1-3-12-29(13-4-1)31-16-11-17-32(26-31)40-28-41(48-46(47-40)30-14-5-2-6-15-30)33-22-23-35-37-24-25-43-45(38-20-9-10-21-42(38)49-43)44(37)36-19-8-7-18-34(36)39(35)27-33;1-3-12-29(13-4-1)31-16-11-17-32(26-31)41-28-42(48-46(47-41)30-14-5-2-6-15-30)33-22-23-38-40(27-33)35-19-8-7-18-34(35)37-24-25-39-36-20-9-10-21-43(36)49-45(39)44(37)38/h3*1-28H. The number of furan rings is 3. The van der Waals surface area contributed by atoms with E-state index in [1.807, 2.05) is 103 Å². The molecule has 0 aliphatic rings. The molecule has 30 aromatic rings. The van der Waals surface area contributed by atoms with Crippen molar-refractivity contribution in [2.45, 2.75) is 0 Å². The third kappa shape index (κ3) is 15.3. The van der Waals surface area contributed by atoms with E-state index in [9.17, 15) is 0 Å². The summed E-state index contributed by atoms with van der Waals surface area (Å²) in [4.78, 5) is 30.9. The molecule has 24 aromatic carbocycles. The van der Waals surface area contributed by atoms with Crippen LogP contribution in [-0.4, -0.2) is 29.9 Å². The van der Waals surface area contributed by atoms with E-state index in [4.69, 9.17) is 43.2 Å². The minimum absolute atomic E-state index is 0.700. The second kappa shape index (κ2) is 35.8. The van der Waals surface area contributed by atoms with Gasteiger partial charge in [0.05, 0.1) is 34.2 Å². The van der Waals surface area contributed by atoms with Crippen molar-refractivity contribution in [1.82, 2.24) is 29.9 Å². The lowest BCUT2D eigenvalue weighted by Gasteiger charge is -2.14. The number of aromatic nitrogens is 6. The van der Waals surface area contributed by atoms with Crippen molar-refractivity contribution < 1.29 is 13.3 Å². The van der Waals surface area contributed by atoms with Crippen LogP contribution in [0.2, 0.25) is 0 Å². The molecule has 147 heavy (non-hydrogen) atoms. The van der Waals surface area contributed by atoms with E-state index in [0.717, 1.165) is 172 Å². The molecule has 6 heterocycles. The second-order valence-electron chi connectivity index (χ2n) is 37.7. The monoisotopic (exact) mass is 1870 g/mol. The van der Waals surface area contributed by atoms with Gasteiger partial charge in [-0.2, -0.15) is 0 Å². The highest BCUT2D eigenvalue weighted by atomic mass is 16.3. The van der Waals surface area contributed by atoms with E-state index in [1.165, 1.54) is 108 Å². The molecule has 0 spiro atoms. The Kier molecular flexibility index (Phi) is 20.8. The van der Waals surface area contributed by atoms with Gasteiger partial charge in [-0.1, -0.05) is 406 Å². The number of hydrogen-bond acceptors (Lipinski definition) is 9. The van der Waals surface area contributed by atoms with Crippen LogP contribution in [0.15, 0.2) is 523 Å². The lowest BCUT2D eigenvalue weighted by Crippen LogP contribution is -1.96. The van der Waals surface area contributed by atoms with Crippen molar-refractivity contribution in [3.63, 3.8) is 0 Å². The molecule has 0 amide bonds. The van der Waals surface area contributed by atoms with Crippen molar-refractivity contribution in [2.24, 2.45) is 0 Å². The van der Waals surface area contributed by atoms with Crippen molar-refractivity contribution >= 4 is 163 Å². The molecule has 0 N–H and O–H groups in total. The number of nitrogens with zero attached hydrogens (tertiary/aromatic N) is 6. The number of hydrogen-bond donors (Lipinski definition) is 0.